The summed E-state index contributed by atoms with van der Waals surface area (Å²) in [6.45, 7) is 15.6. The predicted octanol–water partition coefficient (Wildman–Crippen LogP) is 10.1. The average Bonchev–Trinajstić information content (AvgIpc) is 3.23. The Morgan fingerprint density at radius 1 is 0.974 bits per heavy atom. The van der Waals surface area contributed by atoms with Crippen molar-refractivity contribution in [3.05, 3.63) is 11.6 Å². The maximum absolute atomic E-state index is 12.5. The molecule has 0 radical (unpaired) electrons. The van der Waals surface area contributed by atoms with Gasteiger partial charge >= 0.3 is 6.09 Å². The van der Waals surface area contributed by atoms with Crippen molar-refractivity contribution in [1.82, 2.24) is 5.32 Å². The summed E-state index contributed by atoms with van der Waals surface area (Å²) < 4.78 is 5.93. The summed E-state index contributed by atoms with van der Waals surface area (Å²) in [6, 6.07) is 0. The smallest absolute Gasteiger partial charge is 0.407 e. The van der Waals surface area contributed by atoms with Gasteiger partial charge in [0.1, 0.15) is 6.10 Å². The van der Waals surface area contributed by atoms with Crippen LogP contribution in [-0.2, 0) is 4.74 Å². The monoisotopic (exact) mass is 527 g/mol. The maximum atomic E-state index is 12.5. The number of hydrogen-bond donors (Lipinski definition) is 1. The van der Waals surface area contributed by atoms with E-state index in [1.165, 1.54) is 83.5 Å². The Balaban J connectivity index is 1.31. The molecule has 4 aliphatic rings. The standard InChI is InChI=1S/C35H61NO2/c1-7-8-9-10-11-23-36-33(37)38-28-19-21-34(5)27(24-28)15-16-29-31-18-17-30(26(4)14-12-13-25(2)3)35(31,6)22-20-32(29)34/h15,25-26,28-32H,7-14,16-24H2,1-6H3,(H,36,37)/t26-,28+,29?,30-,31?,32?,34+,35-/m1/s1. The number of hydrogen-bond acceptors (Lipinski definition) is 2. The van der Waals surface area contributed by atoms with Crippen LogP contribution in [0.5, 0.6) is 0 Å². The van der Waals surface area contributed by atoms with Crippen LogP contribution in [0.2, 0.25) is 0 Å². The molecule has 4 rings (SSSR count). The fourth-order valence-electron chi connectivity index (χ4n) is 9.86. The molecule has 0 spiro atoms. The van der Waals surface area contributed by atoms with Crippen LogP contribution in [0.25, 0.3) is 0 Å². The Labute approximate surface area is 235 Å². The highest BCUT2D eigenvalue weighted by Gasteiger charge is 2.59. The fourth-order valence-corrected chi connectivity index (χ4v) is 9.86. The van der Waals surface area contributed by atoms with Gasteiger partial charge in [0, 0.05) is 13.0 Å². The van der Waals surface area contributed by atoms with Gasteiger partial charge in [0.15, 0.2) is 0 Å². The molecule has 1 N–H and O–H groups in total. The van der Waals surface area contributed by atoms with Crippen LogP contribution < -0.4 is 5.32 Å². The number of unbranched alkanes of at least 4 members (excludes halogenated alkanes) is 4. The van der Waals surface area contributed by atoms with E-state index < -0.39 is 0 Å². The van der Waals surface area contributed by atoms with Gasteiger partial charge in [-0.2, -0.15) is 0 Å². The zero-order chi connectivity index (χ0) is 27.3. The SMILES string of the molecule is CCCCCCCNC(=O)O[C@H]1CC[C@@]2(C)C(=CCC3C2CC[C@@]2(C)C3CC[C@@H]2[C@H](C)CCCC(C)C)C1. The molecule has 0 aromatic carbocycles. The summed E-state index contributed by atoms with van der Waals surface area (Å²) in [6.07, 6.45) is 23.0. The summed E-state index contributed by atoms with van der Waals surface area (Å²) in [5, 5.41) is 3.01. The van der Waals surface area contributed by atoms with Crippen molar-refractivity contribution < 1.29 is 9.53 Å². The molecule has 0 aliphatic heterocycles. The second kappa shape index (κ2) is 13.1. The summed E-state index contributed by atoms with van der Waals surface area (Å²) in [5.74, 6) is 5.24. The summed E-state index contributed by atoms with van der Waals surface area (Å²) in [5.41, 5.74) is 2.48. The van der Waals surface area contributed by atoms with Gasteiger partial charge in [-0.3, -0.25) is 0 Å². The van der Waals surface area contributed by atoms with E-state index in [9.17, 15) is 4.79 Å². The van der Waals surface area contributed by atoms with Gasteiger partial charge in [0.2, 0.25) is 0 Å². The Kier molecular flexibility index (Phi) is 10.3. The molecule has 3 heteroatoms. The first-order chi connectivity index (χ1) is 18.2. The average molecular weight is 528 g/mol. The predicted molar refractivity (Wildman–Crippen MR) is 160 cm³/mol. The lowest BCUT2D eigenvalue weighted by molar-refractivity contribution is -0.0581. The Morgan fingerprint density at radius 2 is 1.76 bits per heavy atom. The van der Waals surface area contributed by atoms with E-state index in [0.717, 1.165) is 61.3 Å². The minimum atomic E-state index is -0.198. The zero-order valence-corrected chi connectivity index (χ0v) is 26.0. The first-order valence-corrected chi connectivity index (χ1v) is 16.8. The first kappa shape index (κ1) is 30.0. The fraction of sp³-hybridized carbons (Fsp3) is 0.914. The van der Waals surface area contributed by atoms with Crippen molar-refractivity contribution in [3.63, 3.8) is 0 Å². The number of fused-ring (bicyclic) bond motifs is 5. The van der Waals surface area contributed by atoms with Crippen molar-refractivity contribution in [2.24, 2.45) is 46.3 Å². The second-order valence-corrected chi connectivity index (χ2v) is 14.9. The van der Waals surface area contributed by atoms with Crippen molar-refractivity contribution in [1.29, 1.82) is 0 Å². The van der Waals surface area contributed by atoms with Crippen LogP contribution in [0, 0.1) is 46.3 Å². The molecule has 218 valence electrons. The highest BCUT2D eigenvalue weighted by molar-refractivity contribution is 5.67. The molecule has 4 aliphatic carbocycles. The molecule has 0 saturated heterocycles. The van der Waals surface area contributed by atoms with Crippen molar-refractivity contribution in [3.8, 4) is 0 Å². The maximum Gasteiger partial charge on any atom is 0.407 e. The third-order valence-electron chi connectivity index (χ3n) is 12.1. The molecule has 0 bridgehead atoms. The number of carbonyl (C=O) groups excluding carboxylic acids is 1. The minimum Gasteiger partial charge on any atom is -0.446 e. The number of amides is 1. The normalized spacial score (nSPS) is 37.1. The van der Waals surface area contributed by atoms with E-state index in [1.54, 1.807) is 5.57 Å². The number of rotatable bonds is 12. The van der Waals surface area contributed by atoms with Crippen LogP contribution in [0.1, 0.15) is 144 Å². The van der Waals surface area contributed by atoms with Gasteiger partial charge in [-0.05, 0) is 97.7 Å². The van der Waals surface area contributed by atoms with Crippen molar-refractivity contribution in [2.75, 3.05) is 6.54 Å². The molecular formula is C35H61NO2. The largest absolute Gasteiger partial charge is 0.446 e. The number of ether oxygens (including phenoxy) is 1. The van der Waals surface area contributed by atoms with E-state index in [-0.39, 0.29) is 12.2 Å². The third kappa shape index (κ3) is 6.49. The summed E-state index contributed by atoms with van der Waals surface area (Å²) >= 11 is 0. The van der Waals surface area contributed by atoms with Crippen LogP contribution in [0.15, 0.2) is 11.6 Å². The van der Waals surface area contributed by atoms with Gasteiger partial charge < -0.3 is 10.1 Å². The van der Waals surface area contributed by atoms with E-state index in [1.807, 2.05) is 0 Å². The van der Waals surface area contributed by atoms with E-state index in [4.69, 9.17) is 4.74 Å². The summed E-state index contributed by atoms with van der Waals surface area (Å²) in [7, 11) is 0. The third-order valence-corrected chi connectivity index (χ3v) is 12.1. The number of carbonyl (C=O) groups is 1. The molecule has 0 heterocycles. The minimum absolute atomic E-state index is 0.0578. The van der Waals surface area contributed by atoms with E-state index in [2.05, 4.69) is 52.9 Å². The second-order valence-electron chi connectivity index (χ2n) is 14.9. The van der Waals surface area contributed by atoms with Crippen LogP contribution in [0.3, 0.4) is 0 Å². The first-order valence-electron chi connectivity index (χ1n) is 16.8. The highest BCUT2D eigenvalue weighted by atomic mass is 16.6. The van der Waals surface area contributed by atoms with Crippen molar-refractivity contribution >= 4 is 6.09 Å². The molecule has 3 nitrogen and oxygen atoms in total. The quantitative estimate of drug-likeness (QED) is 0.202. The van der Waals surface area contributed by atoms with Gasteiger partial charge in [-0.1, -0.05) is 98.1 Å². The van der Waals surface area contributed by atoms with Gasteiger partial charge in [-0.25, -0.2) is 4.79 Å². The van der Waals surface area contributed by atoms with E-state index >= 15 is 0 Å². The molecule has 8 atom stereocenters. The summed E-state index contributed by atoms with van der Waals surface area (Å²) in [4.78, 5) is 12.5. The molecule has 38 heavy (non-hydrogen) atoms. The van der Waals surface area contributed by atoms with Crippen LogP contribution >= 0.6 is 0 Å². The molecule has 3 fully saturated rings. The molecule has 0 aromatic rings. The lowest BCUT2D eigenvalue weighted by atomic mass is 9.47. The highest BCUT2D eigenvalue weighted by Crippen LogP contribution is 2.67. The Hall–Kier alpha value is -0.990. The zero-order valence-electron chi connectivity index (χ0n) is 26.0. The Morgan fingerprint density at radius 3 is 2.53 bits per heavy atom. The number of nitrogens with one attached hydrogen (secondary N) is 1. The van der Waals surface area contributed by atoms with Crippen LogP contribution in [-0.4, -0.2) is 18.7 Å². The number of alkyl carbamates (subject to hydrolysis) is 1. The van der Waals surface area contributed by atoms with Crippen LogP contribution in [0.4, 0.5) is 4.79 Å². The molecular weight excluding hydrogens is 466 g/mol. The van der Waals surface area contributed by atoms with Gasteiger partial charge in [-0.15, -0.1) is 0 Å². The van der Waals surface area contributed by atoms with Crippen molar-refractivity contribution in [2.45, 2.75) is 150 Å². The lowest BCUT2D eigenvalue weighted by Gasteiger charge is -2.58. The molecule has 0 aromatic heterocycles. The number of allylic oxidation sites excluding steroid dienone is 1. The molecule has 3 saturated carbocycles. The van der Waals surface area contributed by atoms with Gasteiger partial charge in [0.25, 0.3) is 0 Å². The lowest BCUT2D eigenvalue weighted by Crippen LogP contribution is -2.51. The topological polar surface area (TPSA) is 38.3 Å². The van der Waals surface area contributed by atoms with Gasteiger partial charge in [0.05, 0.1) is 0 Å². The van der Waals surface area contributed by atoms with E-state index in [0.29, 0.717) is 10.8 Å². The Bertz CT molecular complexity index is 804. The molecule has 1 amide bonds. The molecule has 3 unspecified atom stereocenters.